The molecule has 1 aromatic carbocycles. The van der Waals surface area contributed by atoms with E-state index in [-0.39, 0.29) is 0 Å². The van der Waals surface area contributed by atoms with Crippen molar-refractivity contribution in [1.29, 1.82) is 0 Å². The van der Waals surface area contributed by atoms with Gasteiger partial charge >= 0.3 is 0 Å². The standard InChI is InChI=1S/C11H10BrN3/c1-13-11-9(12)10(14-7-15-11)8-5-3-2-4-6-8/h2-7H,1H3,(H,13,14,15). The zero-order valence-corrected chi connectivity index (χ0v) is 9.82. The molecule has 0 aliphatic carbocycles. The van der Waals surface area contributed by atoms with Crippen molar-refractivity contribution in [3.8, 4) is 11.3 Å². The van der Waals surface area contributed by atoms with E-state index in [9.17, 15) is 0 Å². The lowest BCUT2D eigenvalue weighted by Crippen LogP contribution is -1.96. The van der Waals surface area contributed by atoms with Crippen LogP contribution < -0.4 is 5.32 Å². The Kier molecular flexibility index (Phi) is 2.97. The van der Waals surface area contributed by atoms with Gasteiger partial charge in [-0.25, -0.2) is 9.97 Å². The molecular weight excluding hydrogens is 254 g/mol. The van der Waals surface area contributed by atoms with Gasteiger partial charge in [-0.2, -0.15) is 0 Å². The van der Waals surface area contributed by atoms with Crippen LogP contribution in [0.2, 0.25) is 0 Å². The lowest BCUT2D eigenvalue weighted by molar-refractivity contribution is 1.15. The Morgan fingerprint density at radius 2 is 1.87 bits per heavy atom. The van der Waals surface area contributed by atoms with Crippen LogP contribution in [0.25, 0.3) is 11.3 Å². The third-order valence-corrected chi connectivity index (χ3v) is 2.82. The Labute approximate surface area is 96.7 Å². The van der Waals surface area contributed by atoms with E-state index in [0.717, 1.165) is 21.5 Å². The summed E-state index contributed by atoms with van der Waals surface area (Å²) in [6.07, 6.45) is 1.55. The molecule has 2 aromatic rings. The first-order valence-corrected chi connectivity index (χ1v) is 5.36. The van der Waals surface area contributed by atoms with Crippen molar-refractivity contribution in [3.63, 3.8) is 0 Å². The monoisotopic (exact) mass is 263 g/mol. The minimum Gasteiger partial charge on any atom is -0.372 e. The summed E-state index contributed by atoms with van der Waals surface area (Å²) in [4.78, 5) is 8.37. The van der Waals surface area contributed by atoms with Gasteiger partial charge in [-0.15, -0.1) is 0 Å². The minimum absolute atomic E-state index is 0.795. The van der Waals surface area contributed by atoms with Gasteiger partial charge in [-0.3, -0.25) is 0 Å². The third kappa shape index (κ3) is 1.99. The topological polar surface area (TPSA) is 37.8 Å². The van der Waals surface area contributed by atoms with E-state index in [1.807, 2.05) is 37.4 Å². The van der Waals surface area contributed by atoms with Gasteiger partial charge in [0.15, 0.2) is 0 Å². The summed E-state index contributed by atoms with van der Waals surface area (Å²) < 4.78 is 0.888. The molecule has 0 fully saturated rings. The first-order chi connectivity index (χ1) is 7.33. The van der Waals surface area contributed by atoms with Crippen molar-refractivity contribution in [2.45, 2.75) is 0 Å². The fourth-order valence-electron chi connectivity index (χ4n) is 1.34. The SMILES string of the molecule is CNc1ncnc(-c2ccccc2)c1Br. The number of hydrogen-bond donors (Lipinski definition) is 1. The summed E-state index contributed by atoms with van der Waals surface area (Å²) in [6, 6.07) is 10.0. The summed E-state index contributed by atoms with van der Waals surface area (Å²) in [7, 11) is 1.84. The van der Waals surface area contributed by atoms with E-state index in [2.05, 4.69) is 31.2 Å². The van der Waals surface area contributed by atoms with Crippen LogP contribution in [0.4, 0.5) is 5.82 Å². The number of rotatable bonds is 2. The van der Waals surface area contributed by atoms with Crippen molar-refractivity contribution in [1.82, 2.24) is 9.97 Å². The average molecular weight is 264 g/mol. The number of nitrogens with zero attached hydrogens (tertiary/aromatic N) is 2. The average Bonchev–Trinajstić information content (AvgIpc) is 2.30. The van der Waals surface area contributed by atoms with Gasteiger partial charge in [-0.1, -0.05) is 30.3 Å². The molecule has 3 nitrogen and oxygen atoms in total. The van der Waals surface area contributed by atoms with E-state index in [4.69, 9.17) is 0 Å². The fraction of sp³-hybridized carbons (Fsp3) is 0.0909. The molecular formula is C11H10BrN3. The van der Waals surface area contributed by atoms with Crippen LogP contribution in [0, 0.1) is 0 Å². The number of hydrogen-bond acceptors (Lipinski definition) is 3. The highest BCUT2D eigenvalue weighted by Gasteiger charge is 2.08. The molecule has 0 aliphatic rings. The summed E-state index contributed by atoms with van der Waals surface area (Å²) in [5.74, 6) is 0.795. The van der Waals surface area contributed by atoms with Gasteiger partial charge in [0, 0.05) is 12.6 Å². The van der Waals surface area contributed by atoms with E-state index in [1.54, 1.807) is 6.33 Å². The highest BCUT2D eigenvalue weighted by atomic mass is 79.9. The van der Waals surface area contributed by atoms with Gasteiger partial charge in [0.25, 0.3) is 0 Å². The van der Waals surface area contributed by atoms with Crippen LogP contribution in [0.15, 0.2) is 41.1 Å². The molecule has 0 aliphatic heterocycles. The Morgan fingerprint density at radius 1 is 1.13 bits per heavy atom. The predicted molar refractivity (Wildman–Crippen MR) is 64.7 cm³/mol. The van der Waals surface area contributed by atoms with Gasteiger partial charge < -0.3 is 5.32 Å². The van der Waals surface area contributed by atoms with Gasteiger partial charge in [0.1, 0.15) is 12.1 Å². The first kappa shape index (κ1) is 10.1. The second-order valence-corrected chi connectivity index (χ2v) is 3.79. The molecule has 0 radical (unpaired) electrons. The molecule has 0 atom stereocenters. The van der Waals surface area contributed by atoms with Crippen LogP contribution in [0.1, 0.15) is 0 Å². The number of aromatic nitrogens is 2. The third-order valence-electron chi connectivity index (χ3n) is 2.07. The van der Waals surface area contributed by atoms with Crippen molar-refractivity contribution < 1.29 is 0 Å². The number of halogens is 1. The zero-order chi connectivity index (χ0) is 10.7. The molecule has 1 N–H and O–H groups in total. The molecule has 2 rings (SSSR count). The van der Waals surface area contributed by atoms with Crippen LogP contribution in [-0.2, 0) is 0 Å². The van der Waals surface area contributed by atoms with E-state index in [1.165, 1.54) is 0 Å². The highest BCUT2D eigenvalue weighted by Crippen LogP contribution is 2.29. The van der Waals surface area contributed by atoms with E-state index in [0.29, 0.717) is 0 Å². The van der Waals surface area contributed by atoms with E-state index < -0.39 is 0 Å². The maximum absolute atomic E-state index is 4.26. The van der Waals surface area contributed by atoms with Gasteiger partial charge in [0.05, 0.1) is 10.2 Å². The molecule has 0 bridgehead atoms. The Morgan fingerprint density at radius 3 is 2.53 bits per heavy atom. The lowest BCUT2D eigenvalue weighted by atomic mass is 10.1. The lowest BCUT2D eigenvalue weighted by Gasteiger charge is -2.06. The number of nitrogens with one attached hydrogen (secondary N) is 1. The quantitative estimate of drug-likeness (QED) is 0.906. The highest BCUT2D eigenvalue weighted by molar-refractivity contribution is 9.10. The molecule has 4 heteroatoms. The summed E-state index contributed by atoms with van der Waals surface area (Å²) in [5, 5.41) is 3.01. The largest absolute Gasteiger partial charge is 0.372 e. The maximum Gasteiger partial charge on any atom is 0.144 e. The number of anilines is 1. The second-order valence-electron chi connectivity index (χ2n) is 3.00. The minimum atomic E-state index is 0.795. The van der Waals surface area contributed by atoms with Crippen LogP contribution in [-0.4, -0.2) is 17.0 Å². The number of benzene rings is 1. The zero-order valence-electron chi connectivity index (χ0n) is 8.24. The van der Waals surface area contributed by atoms with Crippen molar-refractivity contribution >= 4 is 21.7 Å². The second kappa shape index (κ2) is 4.40. The van der Waals surface area contributed by atoms with Gasteiger partial charge in [0.2, 0.25) is 0 Å². The molecule has 0 saturated carbocycles. The molecule has 0 amide bonds. The van der Waals surface area contributed by atoms with Crippen molar-refractivity contribution in [2.75, 3.05) is 12.4 Å². The maximum atomic E-state index is 4.26. The fourth-order valence-corrected chi connectivity index (χ4v) is 1.97. The summed E-state index contributed by atoms with van der Waals surface area (Å²) >= 11 is 3.49. The van der Waals surface area contributed by atoms with Crippen molar-refractivity contribution in [3.05, 3.63) is 41.1 Å². The predicted octanol–water partition coefficient (Wildman–Crippen LogP) is 2.95. The molecule has 76 valence electrons. The van der Waals surface area contributed by atoms with E-state index >= 15 is 0 Å². The molecule has 1 heterocycles. The molecule has 15 heavy (non-hydrogen) atoms. The van der Waals surface area contributed by atoms with Gasteiger partial charge in [-0.05, 0) is 15.9 Å². The summed E-state index contributed by atoms with van der Waals surface area (Å²) in [6.45, 7) is 0. The Hall–Kier alpha value is -1.42. The Bertz CT molecular complexity index is 457. The van der Waals surface area contributed by atoms with Crippen LogP contribution in [0.5, 0.6) is 0 Å². The molecule has 0 unspecified atom stereocenters. The summed E-state index contributed by atoms with van der Waals surface area (Å²) in [5.41, 5.74) is 1.97. The van der Waals surface area contributed by atoms with Crippen LogP contribution in [0.3, 0.4) is 0 Å². The molecule has 0 spiro atoms. The Balaban J connectivity index is 2.54. The normalized spacial score (nSPS) is 10.0. The molecule has 0 saturated heterocycles. The first-order valence-electron chi connectivity index (χ1n) is 4.56. The van der Waals surface area contributed by atoms with Crippen LogP contribution >= 0.6 is 15.9 Å². The smallest absolute Gasteiger partial charge is 0.144 e. The van der Waals surface area contributed by atoms with Crippen molar-refractivity contribution in [2.24, 2.45) is 0 Å². The molecule has 1 aromatic heterocycles.